The molecule has 92 valence electrons. The van der Waals surface area contributed by atoms with Gasteiger partial charge in [0, 0.05) is 18.5 Å². The van der Waals surface area contributed by atoms with E-state index in [1.54, 1.807) is 6.08 Å². The minimum absolute atomic E-state index is 0.0243. The van der Waals surface area contributed by atoms with Gasteiger partial charge in [0.1, 0.15) is 16.8 Å². The predicted molar refractivity (Wildman–Crippen MR) is 70.2 cm³/mol. The van der Waals surface area contributed by atoms with Crippen molar-refractivity contribution in [2.45, 2.75) is 19.9 Å². The maximum atomic E-state index is 12.1. The van der Waals surface area contributed by atoms with Crippen molar-refractivity contribution in [3.8, 4) is 6.07 Å². The van der Waals surface area contributed by atoms with Crippen LogP contribution in [-0.2, 0) is 4.79 Å². The molecule has 1 aliphatic rings. The SMILES string of the molecule is C[C@@H]1CN(C)[C@H](C)[C@H](/C=C(\C#N)C(N)=S)C1=O. The lowest BCUT2D eigenvalue weighted by Gasteiger charge is -2.37. The number of rotatable bonds is 2. The van der Waals surface area contributed by atoms with E-state index >= 15 is 0 Å². The summed E-state index contributed by atoms with van der Waals surface area (Å²) in [5.41, 5.74) is 5.67. The zero-order valence-electron chi connectivity index (χ0n) is 10.3. The monoisotopic (exact) mass is 251 g/mol. The highest BCUT2D eigenvalue weighted by Crippen LogP contribution is 2.25. The summed E-state index contributed by atoms with van der Waals surface area (Å²) < 4.78 is 0. The van der Waals surface area contributed by atoms with E-state index in [2.05, 4.69) is 4.90 Å². The van der Waals surface area contributed by atoms with E-state index in [0.717, 1.165) is 6.54 Å². The van der Waals surface area contributed by atoms with Gasteiger partial charge in [-0.25, -0.2) is 0 Å². The zero-order valence-corrected chi connectivity index (χ0v) is 11.1. The van der Waals surface area contributed by atoms with Crippen molar-refractivity contribution < 1.29 is 4.79 Å². The number of hydrogen-bond acceptors (Lipinski definition) is 4. The molecule has 1 heterocycles. The van der Waals surface area contributed by atoms with Crippen LogP contribution < -0.4 is 5.73 Å². The first-order chi connectivity index (χ1) is 7.88. The van der Waals surface area contributed by atoms with Gasteiger partial charge in [-0.05, 0) is 14.0 Å². The lowest BCUT2D eigenvalue weighted by Crippen LogP contribution is -2.49. The maximum Gasteiger partial charge on any atom is 0.145 e. The van der Waals surface area contributed by atoms with Crippen LogP contribution in [0.5, 0.6) is 0 Å². The van der Waals surface area contributed by atoms with E-state index in [4.69, 9.17) is 23.2 Å². The van der Waals surface area contributed by atoms with Crippen LogP contribution in [0.2, 0.25) is 0 Å². The number of hydrogen-bond donors (Lipinski definition) is 1. The van der Waals surface area contributed by atoms with Crippen molar-refractivity contribution in [2.24, 2.45) is 17.6 Å². The van der Waals surface area contributed by atoms with E-state index < -0.39 is 0 Å². The maximum absolute atomic E-state index is 12.1. The molecule has 1 aliphatic heterocycles. The number of carbonyl (C=O) groups is 1. The molecule has 0 unspecified atom stereocenters. The first-order valence-electron chi connectivity index (χ1n) is 5.54. The molecular weight excluding hydrogens is 234 g/mol. The van der Waals surface area contributed by atoms with Crippen molar-refractivity contribution in [3.63, 3.8) is 0 Å². The second-order valence-corrected chi connectivity index (χ2v) is 5.01. The number of nitrogens with zero attached hydrogens (tertiary/aromatic N) is 2. The van der Waals surface area contributed by atoms with Crippen LogP contribution >= 0.6 is 12.2 Å². The lowest BCUT2D eigenvalue weighted by atomic mass is 9.82. The Labute approximate surface area is 107 Å². The normalized spacial score (nSPS) is 31.1. The fourth-order valence-corrected chi connectivity index (χ4v) is 2.22. The highest BCUT2D eigenvalue weighted by atomic mass is 32.1. The van der Waals surface area contributed by atoms with Crippen molar-refractivity contribution in [2.75, 3.05) is 13.6 Å². The summed E-state index contributed by atoms with van der Waals surface area (Å²) in [6, 6.07) is 2.01. The second-order valence-electron chi connectivity index (χ2n) is 4.57. The summed E-state index contributed by atoms with van der Waals surface area (Å²) in [5, 5.41) is 8.92. The Morgan fingerprint density at radius 1 is 1.65 bits per heavy atom. The van der Waals surface area contributed by atoms with E-state index in [0.29, 0.717) is 0 Å². The molecular formula is C12H17N3OS. The molecule has 1 rings (SSSR count). The van der Waals surface area contributed by atoms with Gasteiger partial charge in [0.15, 0.2) is 0 Å². The van der Waals surface area contributed by atoms with Gasteiger partial charge >= 0.3 is 0 Å². The summed E-state index contributed by atoms with van der Waals surface area (Å²) in [7, 11) is 1.97. The Bertz CT molecular complexity index is 410. The molecule has 5 heteroatoms. The van der Waals surface area contributed by atoms with Crippen molar-refractivity contribution >= 4 is 23.0 Å². The number of likely N-dealkylation sites (tertiary alicyclic amines) is 1. The van der Waals surface area contributed by atoms with Gasteiger partial charge in [-0.1, -0.05) is 25.2 Å². The molecule has 0 saturated carbocycles. The smallest absolute Gasteiger partial charge is 0.145 e. The molecule has 1 fully saturated rings. The number of nitriles is 1. The van der Waals surface area contributed by atoms with E-state index in [1.807, 2.05) is 27.0 Å². The molecule has 0 aromatic rings. The lowest BCUT2D eigenvalue weighted by molar-refractivity contribution is -0.130. The average molecular weight is 251 g/mol. The van der Waals surface area contributed by atoms with Gasteiger partial charge in [-0.15, -0.1) is 0 Å². The highest BCUT2D eigenvalue weighted by molar-refractivity contribution is 7.80. The fourth-order valence-electron chi connectivity index (χ4n) is 2.10. The van der Waals surface area contributed by atoms with Crippen LogP contribution in [0.1, 0.15) is 13.8 Å². The summed E-state index contributed by atoms with van der Waals surface area (Å²) in [4.78, 5) is 14.3. The van der Waals surface area contributed by atoms with E-state index in [1.165, 1.54) is 0 Å². The quantitative estimate of drug-likeness (QED) is 0.448. The molecule has 0 aromatic carbocycles. The van der Waals surface area contributed by atoms with Crippen LogP contribution in [0.3, 0.4) is 0 Å². The van der Waals surface area contributed by atoms with Gasteiger partial charge < -0.3 is 10.6 Å². The first-order valence-corrected chi connectivity index (χ1v) is 5.95. The number of Topliss-reactive ketones (excluding diaryl/α,β-unsaturated/α-hetero) is 1. The molecule has 2 N–H and O–H groups in total. The van der Waals surface area contributed by atoms with Gasteiger partial charge in [-0.3, -0.25) is 4.79 Å². The Balaban J connectivity index is 3.05. The average Bonchev–Trinajstić information content (AvgIpc) is 2.26. The third kappa shape index (κ3) is 2.90. The van der Waals surface area contributed by atoms with Gasteiger partial charge in [0.2, 0.25) is 0 Å². The Morgan fingerprint density at radius 2 is 2.24 bits per heavy atom. The molecule has 1 saturated heterocycles. The molecule has 0 radical (unpaired) electrons. The second kappa shape index (κ2) is 5.39. The predicted octanol–water partition coefficient (Wildman–Crippen LogP) is 0.878. The Hall–Kier alpha value is -1.25. The van der Waals surface area contributed by atoms with Gasteiger partial charge in [0.05, 0.1) is 11.5 Å². The van der Waals surface area contributed by atoms with Crippen molar-refractivity contribution in [1.29, 1.82) is 5.26 Å². The van der Waals surface area contributed by atoms with Crippen LogP contribution in [0.4, 0.5) is 0 Å². The molecule has 0 amide bonds. The minimum Gasteiger partial charge on any atom is -0.389 e. The summed E-state index contributed by atoms with van der Waals surface area (Å²) in [6.07, 6.45) is 1.61. The van der Waals surface area contributed by atoms with Crippen LogP contribution in [0.15, 0.2) is 11.6 Å². The molecule has 0 bridgehead atoms. The van der Waals surface area contributed by atoms with Crippen molar-refractivity contribution in [1.82, 2.24) is 4.90 Å². The number of ketones is 1. The summed E-state index contributed by atoms with van der Waals surface area (Å²) in [6.45, 7) is 4.62. The highest BCUT2D eigenvalue weighted by Gasteiger charge is 2.35. The summed E-state index contributed by atoms with van der Waals surface area (Å²) >= 11 is 4.78. The van der Waals surface area contributed by atoms with Crippen LogP contribution in [0, 0.1) is 23.2 Å². The van der Waals surface area contributed by atoms with Crippen LogP contribution in [-0.4, -0.2) is 35.3 Å². The Kier molecular flexibility index (Phi) is 4.38. The number of piperidine rings is 1. The fraction of sp³-hybridized carbons (Fsp3) is 0.583. The van der Waals surface area contributed by atoms with Crippen LogP contribution in [0.25, 0.3) is 0 Å². The topological polar surface area (TPSA) is 70.1 Å². The Morgan fingerprint density at radius 3 is 2.71 bits per heavy atom. The molecule has 17 heavy (non-hydrogen) atoms. The van der Waals surface area contributed by atoms with Gasteiger partial charge in [0.25, 0.3) is 0 Å². The number of nitrogens with two attached hydrogens (primary N) is 1. The third-order valence-corrected chi connectivity index (χ3v) is 3.54. The van der Waals surface area contributed by atoms with Gasteiger partial charge in [-0.2, -0.15) is 5.26 Å². The zero-order chi connectivity index (χ0) is 13.2. The van der Waals surface area contributed by atoms with E-state index in [9.17, 15) is 4.79 Å². The molecule has 4 nitrogen and oxygen atoms in total. The first kappa shape index (κ1) is 13.8. The summed E-state index contributed by atoms with van der Waals surface area (Å²) in [5.74, 6) is -0.178. The third-order valence-electron chi connectivity index (χ3n) is 3.32. The molecule has 0 aromatic heterocycles. The largest absolute Gasteiger partial charge is 0.389 e. The molecule has 0 spiro atoms. The molecule has 3 atom stereocenters. The minimum atomic E-state index is -0.306. The number of thiocarbonyl (C=S) groups is 1. The van der Waals surface area contributed by atoms with E-state index in [-0.39, 0.29) is 34.2 Å². The number of carbonyl (C=O) groups excluding carboxylic acids is 1. The van der Waals surface area contributed by atoms with Crippen molar-refractivity contribution in [3.05, 3.63) is 11.6 Å². The standard InChI is InChI=1S/C12H17N3OS/c1-7-6-15(3)8(2)10(11(7)16)4-9(5-13)12(14)17/h4,7-8,10H,6H2,1-3H3,(H2,14,17)/b9-4+/t7-,8-,10+/m1/s1. The molecule has 0 aliphatic carbocycles.